The minimum atomic E-state index is -0.911. The van der Waals surface area contributed by atoms with Crippen LogP contribution in [0.5, 0.6) is 5.95 Å². The van der Waals surface area contributed by atoms with E-state index in [1.165, 1.54) is 42.7 Å². The first-order valence-electron chi connectivity index (χ1n) is 12.2. The summed E-state index contributed by atoms with van der Waals surface area (Å²) in [4.78, 5) is 48.5. The van der Waals surface area contributed by atoms with Gasteiger partial charge in [0, 0.05) is 32.2 Å². The van der Waals surface area contributed by atoms with Crippen LogP contribution in [0.25, 0.3) is 22.4 Å². The molecule has 2 atom stereocenters. The number of methoxy groups -OCH3 is 1. The first-order chi connectivity index (χ1) is 18.1. The van der Waals surface area contributed by atoms with Crippen LogP contribution in [0.15, 0.2) is 38.5 Å². The van der Waals surface area contributed by atoms with E-state index in [0.717, 1.165) is 24.0 Å². The van der Waals surface area contributed by atoms with E-state index in [0.29, 0.717) is 11.3 Å². The van der Waals surface area contributed by atoms with Gasteiger partial charge in [-0.15, -0.1) is 0 Å². The van der Waals surface area contributed by atoms with Gasteiger partial charge in [0.25, 0.3) is 11.5 Å². The molecule has 1 aliphatic heterocycles. The largest absolute Gasteiger partial charge is 0.467 e. The van der Waals surface area contributed by atoms with Gasteiger partial charge in [-0.2, -0.15) is 4.98 Å². The van der Waals surface area contributed by atoms with Crippen LogP contribution in [0.1, 0.15) is 32.7 Å². The smallest absolute Gasteiger partial charge is 0.332 e. The third-order valence-corrected chi connectivity index (χ3v) is 7.07. The highest BCUT2D eigenvalue weighted by atomic mass is 19.1. The first-order valence-corrected chi connectivity index (χ1v) is 12.2. The number of carbonyl (C=O) groups is 1. The fourth-order valence-corrected chi connectivity index (χ4v) is 4.85. The molecule has 38 heavy (non-hydrogen) atoms. The Morgan fingerprint density at radius 2 is 2.03 bits per heavy atom. The van der Waals surface area contributed by atoms with Crippen molar-refractivity contribution in [2.24, 2.45) is 14.1 Å². The summed E-state index contributed by atoms with van der Waals surface area (Å²) in [5, 5.41) is 2.57. The molecule has 1 N–H and O–H groups in total. The predicted octanol–water partition coefficient (Wildman–Crippen LogP) is 2.42. The minimum absolute atomic E-state index is 0.00611. The van der Waals surface area contributed by atoms with Gasteiger partial charge in [0.15, 0.2) is 16.9 Å². The molecule has 13 heteroatoms. The molecular weight excluding hydrogens is 497 g/mol. The molecule has 0 spiro atoms. The Hall–Kier alpha value is -4.42. The van der Waals surface area contributed by atoms with E-state index in [-0.39, 0.29) is 40.7 Å². The van der Waals surface area contributed by atoms with Crippen LogP contribution in [0.4, 0.5) is 16.1 Å². The molecule has 1 aromatic carbocycles. The summed E-state index contributed by atoms with van der Waals surface area (Å²) in [5.41, 5.74) is 0.347. The van der Waals surface area contributed by atoms with E-state index in [2.05, 4.69) is 22.2 Å². The lowest BCUT2D eigenvalue weighted by Crippen LogP contribution is -2.38. The highest BCUT2D eigenvalue weighted by molar-refractivity contribution is 5.93. The van der Waals surface area contributed by atoms with Gasteiger partial charge in [0.1, 0.15) is 11.9 Å². The van der Waals surface area contributed by atoms with Crippen molar-refractivity contribution in [1.82, 2.24) is 23.7 Å². The Labute approximate surface area is 216 Å². The normalized spacial score (nSPS) is 16.3. The number of rotatable bonds is 6. The summed E-state index contributed by atoms with van der Waals surface area (Å²) in [6.07, 6.45) is 3.35. The Kier molecular flexibility index (Phi) is 6.29. The van der Waals surface area contributed by atoms with Crippen molar-refractivity contribution in [2.45, 2.75) is 38.8 Å². The fraction of sp³-hybridized carbons (Fsp3) is 0.400. The number of aryl methyl sites for hydroxylation is 1. The Balaban J connectivity index is 1.42. The number of hydrogen-bond donors (Lipinski definition) is 1. The lowest BCUT2D eigenvalue weighted by Gasteiger charge is -2.24. The molecule has 12 nitrogen and oxygen atoms in total. The SMILES string of the molecule is COc1oc(NC(=O)[C@H](C)n2cnc3c2c(=O)n(C)c(=O)n3C)nc1-c1ccc(N2CCC[C@@H]2C)c(F)c1. The summed E-state index contributed by atoms with van der Waals surface area (Å²) in [5.74, 6) is -0.935. The van der Waals surface area contributed by atoms with Crippen LogP contribution in [0.2, 0.25) is 0 Å². The number of ether oxygens (including phenoxy) is 1. The Morgan fingerprint density at radius 3 is 2.68 bits per heavy atom. The summed E-state index contributed by atoms with van der Waals surface area (Å²) in [6.45, 7) is 4.44. The summed E-state index contributed by atoms with van der Waals surface area (Å²) >= 11 is 0. The van der Waals surface area contributed by atoms with E-state index >= 15 is 4.39 Å². The molecule has 4 heterocycles. The third-order valence-electron chi connectivity index (χ3n) is 7.07. The lowest BCUT2D eigenvalue weighted by molar-refractivity contribution is -0.118. The van der Waals surface area contributed by atoms with Gasteiger partial charge < -0.3 is 18.6 Å². The fourth-order valence-electron chi connectivity index (χ4n) is 4.85. The van der Waals surface area contributed by atoms with Crippen molar-refractivity contribution in [1.29, 1.82) is 0 Å². The molecule has 0 radical (unpaired) electrons. The van der Waals surface area contributed by atoms with Gasteiger partial charge in [-0.3, -0.25) is 24.0 Å². The molecule has 0 saturated carbocycles. The molecule has 1 aliphatic rings. The zero-order valence-corrected chi connectivity index (χ0v) is 21.7. The van der Waals surface area contributed by atoms with Crippen molar-refractivity contribution >= 4 is 28.8 Å². The first kappa shape index (κ1) is 25.2. The topological polar surface area (TPSA) is 129 Å². The summed E-state index contributed by atoms with van der Waals surface area (Å²) in [6, 6.07) is 4.00. The average molecular weight is 526 g/mol. The monoisotopic (exact) mass is 525 g/mol. The second-order valence-corrected chi connectivity index (χ2v) is 9.41. The molecule has 0 aliphatic carbocycles. The quantitative estimate of drug-likeness (QED) is 0.406. The molecule has 5 rings (SSSR count). The van der Waals surface area contributed by atoms with E-state index in [9.17, 15) is 14.4 Å². The van der Waals surface area contributed by atoms with Gasteiger partial charge in [-0.05, 0) is 38.8 Å². The number of nitrogens with zero attached hydrogens (tertiary/aromatic N) is 6. The molecule has 200 valence electrons. The number of hydrogen-bond acceptors (Lipinski definition) is 8. The number of anilines is 2. The molecular formula is C25H28FN7O5. The van der Waals surface area contributed by atoms with Crippen LogP contribution in [-0.4, -0.2) is 49.3 Å². The van der Waals surface area contributed by atoms with Gasteiger partial charge in [0.05, 0.1) is 19.1 Å². The van der Waals surface area contributed by atoms with Crippen molar-refractivity contribution in [3.63, 3.8) is 0 Å². The molecule has 0 unspecified atom stereocenters. The maximum absolute atomic E-state index is 15.1. The number of oxazole rings is 1. The minimum Gasteiger partial charge on any atom is -0.467 e. The molecule has 3 aromatic heterocycles. The Bertz CT molecular complexity index is 1670. The highest BCUT2D eigenvalue weighted by Gasteiger charge is 2.26. The number of amides is 1. The molecule has 1 amide bonds. The van der Waals surface area contributed by atoms with Crippen molar-refractivity contribution in [3.8, 4) is 17.2 Å². The number of nitrogens with one attached hydrogen (secondary N) is 1. The van der Waals surface area contributed by atoms with Crippen LogP contribution >= 0.6 is 0 Å². The van der Waals surface area contributed by atoms with Gasteiger partial charge >= 0.3 is 17.7 Å². The van der Waals surface area contributed by atoms with E-state index in [1.807, 2.05) is 4.90 Å². The molecule has 1 fully saturated rings. The molecule has 4 aromatic rings. The highest BCUT2D eigenvalue weighted by Crippen LogP contribution is 2.36. The second kappa shape index (κ2) is 9.47. The standard InChI is InChI=1S/C25H28FN7O5/c1-13-7-6-10-32(13)17-9-8-15(11-16(17)26)18-23(37-5)38-24(28-18)29-21(34)14(2)33-12-27-20-19(33)22(35)31(4)25(36)30(20)3/h8-9,11-14H,6-7,10H2,1-5H3,(H,28,29,34)/t13-,14-/m0/s1. The van der Waals surface area contributed by atoms with Crippen LogP contribution in [0.3, 0.4) is 0 Å². The van der Waals surface area contributed by atoms with E-state index < -0.39 is 23.2 Å². The van der Waals surface area contributed by atoms with Crippen LogP contribution < -0.4 is 26.2 Å². The van der Waals surface area contributed by atoms with Gasteiger partial charge in [-0.25, -0.2) is 14.2 Å². The lowest BCUT2D eigenvalue weighted by atomic mass is 10.1. The van der Waals surface area contributed by atoms with Crippen molar-refractivity contribution in [2.75, 3.05) is 23.9 Å². The van der Waals surface area contributed by atoms with Crippen molar-refractivity contribution < 1.29 is 18.3 Å². The number of halogens is 1. The third kappa shape index (κ3) is 4.03. The average Bonchev–Trinajstić information content (AvgIpc) is 3.64. The molecule has 0 bridgehead atoms. The predicted molar refractivity (Wildman–Crippen MR) is 138 cm³/mol. The second-order valence-electron chi connectivity index (χ2n) is 9.41. The number of aromatic nitrogens is 5. The number of carbonyl (C=O) groups excluding carboxylic acids is 1. The summed E-state index contributed by atoms with van der Waals surface area (Å²) < 4.78 is 29.5. The maximum atomic E-state index is 15.1. The summed E-state index contributed by atoms with van der Waals surface area (Å²) in [7, 11) is 4.23. The van der Waals surface area contributed by atoms with Gasteiger partial charge in [0.2, 0.25) is 0 Å². The van der Waals surface area contributed by atoms with Crippen LogP contribution in [0, 0.1) is 5.82 Å². The zero-order chi connectivity index (χ0) is 27.3. The van der Waals surface area contributed by atoms with Crippen molar-refractivity contribution in [3.05, 3.63) is 51.2 Å². The number of fused-ring (bicyclic) bond motifs is 1. The van der Waals surface area contributed by atoms with E-state index in [1.54, 1.807) is 19.1 Å². The van der Waals surface area contributed by atoms with Crippen LogP contribution in [-0.2, 0) is 18.9 Å². The maximum Gasteiger partial charge on any atom is 0.332 e. The zero-order valence-electron chi connectivity index (χ0n) is 21.7. The molecule has 1 saturated heterocycles. The Morgan fingerprint density at radius 1 is 1.26 bits per heavy atom. The van der Waals surface area contributed by atoms with Gasteiger partial charge in [-0.1, -0.05) is 6.07 Å². The number of benzene rings is 1. The number of imidazole rings is 1. The van der Waals surface area contributed by atoms with E-state index in [4.69, 9.17) is 9.15 Å².